The lowest BCUT2D eigenvalue weighted by Crippen LogP contribution is -2.40. The van der Waals surface area contributed by atoms with Crippen molar-refractivity contribution < 1.29 is 27.8 Å². The van der Waals surface area contributed by atoms with Gasteiger partial charge in [0.2, 0.25) is 6.10 Å². The third kappa shape index (κ3) is 2.59. The van der Waals surface area contributed by atoms with E-state index in [9.17, 15) is 18.0 Å². The van der Waals surface area contributed by atoms with Gasteiger partial charge < -0.3 is 9.84 Å². The Hall–Kier alpha value is -1.72. The summed E-state index contributed by atoms with van der Waals surface area (Å²) in [5, 5.41) is 8.95. The molecule has 2 aliphatic rings. The van der Waals surface area contributed by atoms with Gasteiger partial charge >= 0.3 is 12.1 Å². The summed E-state index contributed by atoms with van der Waals surface area (Å²) in [4.78, 5) is 11.0. The van der Waals surface area contributed by atoms with Gasteiger partial charge in [0.05, 0.1) is 5.57 Å². The Bertz CT molecular complexity index is 512. The molecule has 0 aromatic rings. The van der Waals surface area contributed by atoms with E-state index >= 15 is 0 Å². The fraction of sp³-hybridized carbons (Fsp3) is 0.500. The molecular weight excluding hydrogens is 273 g/mol. The molecule has 0 spiro atoms. The lowest BCUT2D eigenvalue weighted by atomic mass is 9.84. The van der Waals surface area contributed by atoms with Crippen LogP contribution < -0.4 is 0 Å². The van der Waals surface area contributed by atoms with E-state index in [1.807, 2.05) is 19.9 Å². The van der Waals surface area contributed by atoms with Gasteiger partial charge in [0.25, 0.3) is 0 Å². The highest BCUT2D eigenvalue weighted by Crippen LogP contribution is 2.41. The Morgan fingerprint density at radius 3 is 2.60 bits per heavy atom. The second-order valence-corrected chi connectivity index (χ2v) is 5.19. The summed E-state index contributed by atoms with van der Waals surface area (Å²) in [5.74, 6) is -1.76. The Morgan fingerprint density at radius 1 is 1.45 bits per heavy atom. The van der Waals surface area contributed by atoms with Crippen molar-refractivity contribution in [3.05, 3.63) is 35.1 Å². The van der Waals surface area contributed by atoms with Crippen LogP contribution in [0.4, 0.5) is 13.2 Å². The van der Waals surface area contributed by atoms with E-state index < -0.39 is 29.7 Å². The first-order chi connectivity index (χ1) is 9.21. The van der Waals surface area contributed by atoms with Crippen LogP contribution in [0.2, 0.25) is 0 Å². The number of rotatable bonds is 2. The fourth-order valence-electron chi connectivity index (χ4n) is 2.44. The molecule has 1 heterocycles. The van der Waals surface area contributed by atoms with Gasteiger partial charge in [-0.2, -0.15) is 13.2 Å². The van der Waals surface area contributed by atoms with Gasteiger partial charge in [0, 0.05) is 5.92 Å². The molecule has 1 aliphatic heterocycles. The zero-order chi connectivity index (χ0) is 15.1. The number of halogens is 3. The zero-order valence-corrected chi connectivity index (χ0v) is 11.1. The molecule has 2 unspecified atom stereocenters. The fourth-order valence-corrected chi connectivity index (χ4v) is 2.44. The summed E-state index contributed by atoms with van der Waals surface area (Å²) < 4.78 is 44.0. The molecule has 2 rings (SSSR count). The van der Waals surface area contributed by atoms with Gasteiger partial charge in [-0.15, -0.1) is 0 Å². The van der Waals surface area contributed by atoms with Crippen LogP contribution in [0.5, 0.6) is 0 Å². The minimum absolute atomic E-state index is 0.0118. The molecule has 0 aromatic carbocycles. The monoisotopic (exact) mass is 288 g/mol. The van der Waals surface area contributed by atoms with Crippen molar-refractivity contribution in [2.24, 2.45) is 11.8 Å². The molecule has 0 fully saturated rings. The van der Waals surface area contributed by atoms with Gasteiger partial charge in [-0.1, -0.05) is 32.1 Å². The standard InChI is InChI=1S/C14H15F3O3/c1-7(2)9-5-3-4-8-6-10(13(18)19)12(14(15,16)17)20-11(8)9/h3,5-8,12H,4H2,1-2H3,(H,18,19). The average Bonchev–Trinajstić information content (AvgIpc) is 2.35. The van der Waals surface area contributed by atoms with Crippen molar-refractivity contribution >= 4 is 5.97 Å². The molecule has 6 heteroatoms. The molecule has 0 bridgehead atoms. The van der Waals surface area contributed by atoms with Crippen LogP contribution in [0.15, 0.2) is 35.1 Å². The molecule has 1 N–H and O–H groups in total. The van der Waals surface area contributed by atoms with Crippen molar-refractivity contribution in [1.29, 1.82) is 0 Å². The quantitative estimate of drug-likeness (QED) is 0.846. The SMILES string of the molecule is CC(C)C1=C2OC(C(F)(F)F)C(C(=O)O)=CC2CC=C1. The number of fused-ring (bicyclic) bond motifs is 1. The van der Waals surface area contributed by atoms with Gasteiger partial charge in [-0.3, -0.25) is 0 Å². The van der Waals surface area contributed by atoms with Crippen molar-refractivity contribution in [3.63, 3.8) is 0 Å². The average molecular weight is 288 g/mol. The third-order valence-corrected chi connectivity index (χ3v) is 3.38. The van der Waals surface area contributed by atoms with Crippen LogP contribution in [0, 0.1) is 11.8 Å². The molecule has 2 atom stereocenters. The molecule has 1 aliphatic carbocycles. The van der Waals surface area contributed by atoms with Crippen LogP contribution >= 0.6 is 0 Å². The maximum atomic E-state index is 13.0. The molecule has 0 saturated heterocycles. The lowest BCUT2D eigenvalue weighted by molar-refractivity contribution is -0.204. The smallest absolute Gasteiger partial charge is 0.429 e. The molecule has 0 radical (unpaired) electrons. The first kappa shape index (κ1) is 14.7. The number of aliphatic carboxylic acids is 1. The maximum absolute atomic E-state index is 13.0. The molecule has 0 aromatic heterocycles. The lowest BCUT2D eigenvalue weighted by Gasteiger charge is -2.34. The first-order valence-electron chi connectivity index (χ1n) is 6.30. The van der Waals surface area contributed by atoms with Gasteiger partial charge in [0.15, 0.2) is 0 Å². The summed E-state index contributed by atoms with van der Waals surface area (Å²) >= 11 is 0. The third-order valence-electron chi connectivity index (χ3n) is 3.38. The number of carbonyl (C=O) groups is 1. The Morgan fingerprint density at radius 2 is 2.10 bits per heavy atom. The van der Waals surface area contributed by atoms with E-state index in [-0.39, 0.29) is 11.7 Å². The van der Waals surface area contributed by atoms with Gasteiger partial charge in [-0.25, -0.2) is 4.79 Å². The van der Waals surface area contributed by atoms with E-state index in [4.69, 9.17) is 9.84 Å². The van der Waals surface area contributed by atoms with Crippen molar-refractivity contribution in [2.45, 2.75) is 32.5 Å². The van der Waals surface area contributed by atoms with Gasteiger partial charge in [0.1, 0.15) is 5.76 Å². The number of hydrogen-bond acceptors (Lipinski definition) is 2. The van der Waals surface area contributed by atoms with Crippen molar-refractivity contribution in [1.82, 2.24) is 0 Å². The van der Waals surface area contributed by atoms with Crippen LogP contribution in [-0.4, -0.2) is 23.4 Å². The summed E-state index contributed by atoms with van der Waals surface area (Å²) in [6, 6.07) is 0. The number of alkyl halides is 3. The zero-order valence-electron chi connectivity index (χ0n) is 11.1. The molecule has 0 amide bonds. The van der Waals surface area contributed by atoms with E-state index in [1.165, 1.54) is 6.08 Å². The molecule has 20 heavy (non-hydrogen) atoms. The number of hydrogen-bond donors (Lipinski definition) is 1. The van der Waals surface area contributed by atoms with E-state index in [1.54, 1.807) is 6.08 Å². The minimum Gasteiger partial charge on any atom is -0.479 e. The second kappa shape index (κ2) is 5.00. The number of carboxylic acid groups (broad SMARTS) is 1. The Labute approximate surface area is 114 Å². The predicted molar refractivity (Wildman–Crippen MR) is 65.8 cm³/mol. The van der Waals surface area contributed by atoms with Crippen LogP contribution in [-0.2, 0) is 9.53 Å². The van der Waals surface area contributed by atoms with E-state index in [0.717, 1.165) is 0 Å². The summed E-state index contributed by atoms with van der Waals surface area (Å²) in [6.45, 7) is 3.72. The highest BCUT2D eigenvalue weighted by atomic mass is 19.4. The molecular formula is C14H15F3O3. The minimum atomic E-state index is -4.74. The number of allylic oxidation sites excluding steroid dienone is 4. The predicted octanol–water partition coefficient (Wildman–Crippen LogP) is 3.44. The molecule has 110 valence electrons. The summed E-state index contributed by atoms with van der Waals surface area (Å²) in [6.07, 6.45) is -1.93. The number of ether oxygens (including phenoxy) is 1. The van der Waals surface area contributed by atoms with Crippen molar-refractivity contribution in [3.8, 4) is 0 Å². The van der Waals surface area contributed by atoms with Crippen LogP contribution in [0.25, 0.3) is 0 Å². The molecule has 0 saturated carbocycles. The van der Waals surface area contributed by atoms with E-state index in [2.05, 4.69) is 0 Å². The topological polar surface area (TPSA) is 46.5 Å². The maximum Gasteiger partial charge on any atom is 0.429 e. The Balaban J connectivity index is 2.51. The van der Waals surface area contributed by atoms with Gasteiger partial charge in [-0.05, 0) is 17.9 Å². The second-order valence-electron chi connectivity index (χ2n) is 5.19. The summed E-state index contributed by atoms with van der Waals surface area (Å²) in [5.41, 5.74) is -0.0409. The largest absolute Gasteiger partial charge is 0.479 e. The Kier molecular flexibility index (Phi) is 3.67. The highest BCUT2D eigenvalue weighted by Gasteiger charge is 2.50. The molecule has 3 nitrogen and oxygen atoms in total. The van der Waals surface area contributed by atoms with Crippen molar-refractivity contribution in [2.75, 3.05) is 0 Å². The van der Waals surface area contributed by atoms with E-state index in [0.29, 0.717) is 12.0 Å². The van der Waals surface area contributed by atoms with Crippen LogP contribution in [0.1, 0.15) is 20.3 Å². The van der Waals surface area contributed by atoms with Crippen LogP contribution in [0.3, 0.4) is 0 Å². The highest BCUT2D eigenvalue weighted by molar-refractivity contribution is 5.88. The normalized spacial score (nSPS) is 26.2. The summed E-state index contributed by atoms with van der Waals surface area (Å²) in [7, 11) is 0. The number of carboxylic acids is 1. The first-order valence-corrected chi connectivity index (χ1v) is 6.30.